The zero-order valence-corrected chi connectivity index (χ0v) is 12.9. The van der Waals surface area contributed by atoms with Gasteiger partial charge in [0.1, 0.15) is 5.60 Å². The lowest BCUT2D eigenvalue weighted by Gasteiger charge is -2.23. The Morgan fingerprint density at radius 3 is 2.55 bits per heavy atom. The molecule has 0 aliphatic rings. The Kier molecular flexibility index (Phi) is 5.93. The second-order valence-corrected chi connectivity index (χ2v) is 5.91. The van der Waals surface area contributed by atoms with Crippen LogP contribution in [-0.4, -0.2) is 28.8 Å². The number of carbonyl (C=O) groups is 2. The van der Waals surface area contributed by atoms with Gasteiger partial charge in [0.2, 0.25) is 0 Å². The standard InChI is InChI=1S/C16H20N2O4/c1-16(2,3)22-15(21)18-13(9-14(19)20)8-11-6-4-5-7-12(11)10-17/h4-7,13H,8-9H2,1-3H3,(H,18,21)(H,19,20). The molecular weight excluding hydrogens is 284 g/mol. The maximum Gasteiger partial charge on any atom is 0.407 e. The number of nitriles is 1. The predicted octanol–water partition coefficient (Wildman–Crippen LogP) is 2.47. The van der Waals surface area contributed by atoms with Crippen molar-refractivity contribution in [2.75, 3.05) is 0 Å². The molecule has 0 aliphatic heterocycles. The second-order valence-electron chi connectivity index (χ2n) is 5.91. The topological polar surface area (TPSA) is 99.4 Å². The molecule has 6 heteroatoms. The van der Waals surface area contributed by atoms with Gasteiger partial charge in [-0.15, -0.1) is 0 Å². The van der Waals surface area contributed by atoms with Crippen molar-refractivity contribution in [1.29, 1.82) is 5.26 Å². The van der Waals surface area contributed by atoms with Crippen LogP contribution in [0.5, 0.6) is 0 Å². The number of aliphatic carboxylic acids is 1. The quantitative estimate of drug-likeness (QED) is 0.870. The molecule has 0 spiro atoms. The van der Waals surface area contributed by atoms with E-state index in [-0.39, 0.29) is 12.8 Å². The summed E-state index contributed by atoms with van der Waals surface area (Å²) in [7, 11) is 0. The van der Waals surface area contributed by atoms with Crippen LogP contribution in [0.25, 0.3) is 0 Å². The predicted molar refractivity (Wildman–Crippen MR) is 80.3 cm³/mol. The van der Waals surface area contributed by atoms with Crippen LogP contribution in [0.4, 0.5) is 4.79 Å². The van der Waals surface area contributed by atoms with E-state index in [1.54, 1.807) is 45.0 Å². The van der Waals surface area contributed by atoms with Crippen molar-refractivity contribution in [3.63, 3.8) is 0 Å². The highest BCUT2D eigenvalue weighted by molar-refractivity contribution is 5.71. The summed E-state index contributed by atoms with van der Waals surface area (Å²) in [6, 6.07) is 8.29. The molecule has 118 valence electrons. The fourth-order valence-corrected chi connectivity index (χ4v) is 1.93. The average molecular weight is 304 g/mol. The van der Waals surface area contributed by atoms with E-state index in [1.807, 2.05) is 0 Å². The molecule has 2 N–H and O–H groups in total. The minimum Gasteiger partial charge on any atom is -0.481 e. The van der Waals surface area contributed by atoms with Crippen LogP contribution >= 0.6 is 0 Å². The highest BCUT2D eigenvalue weighted by Crippen LogP contribution is 2.13. The minimum absolute atomic E-state index is 0.245. The fraction of sp³-hybridized carbons (Fsp3) is 0.438. The van der Waals surface area contributed by atoms with Gasteiger partial charge >= 0.3 is 12.1 Å². The number of carbonyl (C=O) groups excluding carboxylic acids is 1. The molecule has 1 aromatic rings. The molecule has 0 heterocycles. The van der Waals surface area contributed by atoms with Crippen molar-refractivity contribution in [1.82, 2.24) is 5.32 Å². The maximum absolute atomic E-state index is 11.8. The molecule has 1 rings (SSSR count). The van der Waals surface area contributed by atoms with Crippen molar-refractivity contribution < 1.29 is 19.4 Å². The number of rotatable bonds is 5. The summed E-state index contributed by atoms with van der Waals surface area (Å²) in [5, 5.41) is 20.6. The molecule has 1 unspecified atom stereocenters. The molecule has 0 saturated heterocycles. The Labute approximate surface area is 129 Å². The molecule has 0 radical (unpaired) electrons. The van der Waals surface area contributed by atoms with E-state index in [1.165, 1.54) is 0 Å². The third kappa shape index (κ3) is 6.27. The summed E-state index contributed by atoms with van der Waals surface area (Å²) in [4.78, 5) is 22.8. The van der Waals surface area contributed by atoms with E-state index in [0.717, 1.165) is 0 Å². The van der Waals surface area contributed by atoms with Gasteiger partial charge in [0.15, 0.2) is 0 Å². The molecule has 22 heavy (non-hydrogen) atoms. The first-order chi connectivity index (χ1) is 10.2. The van der Waals surface area contributed by atoms with Crippen LogP contribution in [0.2, 0.25) is 0 Å². The molecule has 1 amide bonds. The van der Waals surface area contributed by atoms with Crippen LogP contribution in [-0.2, 0) is 16.0 Å². The van der Waals surface area contributed by atoms with Gasteiger partial charge in [-0.25, -0.2) is 4.79 Å². The lowest BCUT2D eigenvalue weighted by atomic mass is 9.99. The number of nitrogens with zero attached hydrogens (tertiary/aromatic N) is 1. The normalized spacial score (nSPS) is 12.1. The number of amides is 1. The van der Waals surface area contributed by atoms with E-state index in [0.29, 0.717) is 11.1 Å². The number of alkyl carbamates (subject to hydrolysis) is 1. The molecule has 0 fully saturated rings. The van der Waals surface area contributed by atoms with Gasteiger partial charge in [-0.3, -0.25) is 4.79 Å². The molecule has 0 aromatic heterocycles. The van der Waals surface area contributed by atoms with Gasteiger partial charge in [0, 0.05) is 6.04 Å². The summed E-state index contributed by atoms with van der Waals surface area (Å²) in [5.74, 6) is -1.03. The number of benzene rings is 1. The number of nitrogens with one attached hydrogen (secondary N) is 1. The minimum atomic E-state index is -1.03. The first kappa shape index (κ1) is 17.5. The van der Waals surface area contributed by atoms with E-state index < -0.39 is 23.7 Å². The summed E-state index contributed by atoms with van der Waals surface area (Å²) < 4.78 is 5.14. The Balaban J connectivity index is 2.83. The maximum atomic E-state index is 11.8. The Hall–Kier alpha value is -2.55. The molecule has 0 bridgehead atoms. The van der Waals surface area contributed by atoms with Crippen LogP contribution in [0.3, 0.4) is 0 Å². The third-order valence-corrected chi connectivity index (χ3v) is 2.75. The molecule has 1 aromatic carbocycles. The SMILES string of the molecule is CC(C)(C)OC(=O)NC(CC(=O)O)Cc1ccccc1C#N. The van der Waals surface area contributed by atoms with Gasteiger partial charge in [-0.05, 0) is 38.8 Å². The number of ether oxygens (including phenoxy) is 1. The average Bonchev–Trinajstić information content (AvgIpc) is 2.36. The van der Waals surface area contributed by atoms with E-state index in [4.69, 9.17) is 15.1 Å². The fourth-order valence-electron chi connectivity index (χ4n) is 1.93. The van der Waals surface area contributed by atoms with Crippen molar-refractivity contribution >= 4 is 12.1 Å². The highest BCUT2D eigenvalue weighted by atomic mass is 16.6. The summed E-state index contributed by atoms with van der Waals surface area (Å²) in [6.07, 6.45) is -0.679. The smallest absolute Gasteiger partial charge is 0.407 e. The Morgan fingerprint density at radius 2 is 2.00 bits per heavy atom. The van der Waals surface area contributed by atoms with Crippen LogP contribution < -0.4 is 5.32 Å². The largest absolute Gasteiger partial charge is 0.481 e. The van der Waals surface area contributed by atoms with Crippen molar-refractivity contribution in [3.8, 4) is 6.07 Å². The van der Waals surface area contributed by atoms with Crippen LogP contribution in [0, 0.1) is 11.3 Å². The van der Waals surface area contributed by atoms with Gasteiger partial charge in [-0.2, -0.15) is 5.26 Å². The van der Waals surface area contributed by atoms with Crippen LogP contribution in [0.15, 0.2) is 24.3 Å². The van der Waals surface area contributed by atoms with E-state index in [9.17, 15) is 9.59 Å². The van der Waals surface area contributed by atoms with Crippen molar-refractivity contribution in [3.05, 3.63) is 35.4 Å². The number of hydrogen-bond donors (Lipinski definition) is 2. The molecule has 0 aliphatic carbocycles. The number of carboxylic acids is 1. The molecular formula is C16H20N2O4. The molecule has 6 nitrogen and oxygen atoms in total. The third-order valence-electron chi connectivity index (χ3n) is 2.75. The summed E-state index contributed by atoms with van der Waals surface area (Å²) in [5.41, 5.74) is 0.485. The number of hydrogen-bond acceptors (Lipinski definition) is 4. The number of carboxylic acid groups (broad SMARTS) is 1. The lowest BCUT2D eigenvalue weighted by molar-refractivity contribution is -0.137. The van der Waals surface area contributed by atoms with E-state index >= 15 is 0 Å². The van der Waals surface area contributed by atoms with Crippen molar-refractivity contribution in [2.24, 2.45) is 0 Å². The highest BCUT2D eigenvalue weighted by Gasteiger charge is 2.22. The lowest BCUT2D eigenvalue weighted by Crippen LogP contribution is -2.41. The zero-order valence-electron chi connectivity index (χ0n) is 12.9. The van der Waals surface area contributed by atoms with Gasteiger partial charge in [0.25, 0.3) is 0 Å². The monoisotopic (exact) mass is 304 g/mol. The zero-order chi connectivity index (χ0) is 16.8. The van der Waals surface area contributed by atoms with Gasteiger partial charge in [0.05, 0.1) is 18.1 Å². The summed E-state index contributed by atoms with van der Waals surface area (Å²) in [6.45, 7) is 5.18. The van der Waals surface area contributed by atoms with E-state index in [2.05, 4.69) is 11.4 Å². The second kappa shape index (κ2) is 7.46. The first-order valence-corrected chi connectivity index (χ1v) is 6.90. The molecule has 1 atom stereocenters. The Morgan fingerprint density at radius 1 is 1.36 bits per heavy atom. The van der Waals surface area contributed by atoms with Gasteiger partial charge < -0.3 is 15.2 Å². The molecule has 0 saturated carbocycles. The summed E-state index contributed by atoms with van der Waals surface area (Å²) >= 11 is 0. The van der Waals surface area contributed by atoms with Crippen molar-refractivity contribution in [2.45, 2.75) is 45.3 Å². The Bertz CT molecular complexity index is 585. The first-order valence-electron chi connectivity index (χ1n) is 6.90. The van der Waals surface area contributed by atoms with Gasteiger partial charge in [-0.1, -0.05) is 18.2 Å². The van der Waals surface area contributed by atoms with Crippen LogP contribution in [0.1, 0.15) is 38.3 Å².